The van der Waals surface area contributed by atoms with Gasteiger partial charge in [0.1, 0.15) is 0 Å². The molecule has 0 saturated heterocycles. The number of nitrogens with zero attached hydrogens (tertiary/aromatic N) is 5. The Morgan fingerprint density at radius 2 is 1.61 bits per heavy atom. The van der Waals surface area contributed by atoms with Crippen molar-refractivity contribution in [1.29, 1.82) is 5.26 Å². The van der Waals surface area contributed by atoms with Crippen LogP contribution in [0.4, 0.5) is 4.39 Å². The molecule has 0 bridgehead atoms. The van der Waals surface area contributed by atoms with E-state index in [1.165, 1.54) is 28.9 Å². The fraction of sp³-hybridized carbons (Fsp3) is 0.280. The summed E-state index contributed by atoms with van der Waals surface area (Å²) in [5, 5.41) is 10.9. The molecular formula is C50H50FGeIrN5O-2. The maximum absolute atomic E-state index is 13.5. The Morgan fingerprint density at radius 1 is 0.898 bits per heavy atom. The van der Waals surface area contributed by atoms with Gasteiger partial charge in [-0.1, -0.05) is 58.0 Å². The smallest absolute Gasteiger partial charge is 0 e. The van der Waals surface area contributed by atoms with Crippen molar-refractivity contribution in [3.8, 4) is 34.4 Å². The molecule has 1 radical (unpaired) electrons. The molecule has 0 fully saturated rings. The molecule has 0 unspecified atom stereocenters. The molecule has 0 aliphatic carbocycles. The van der Waals surface area contributed by atoms with Gasteiger partial charge in [-0.3, -0.25) is 9.37 Å². The molecular weight excluding hydrogens is 970 g/mol. The van der Waals surface area contributed by atoms with Gasteiger partial charge >= 0.3 is 183 Å². The summed E-state index contributed by atoms with van der Waals surface area (Å²) < 4.78 is 40.8. The Kier molecular flexibility index (Phi) is 12.0. The molecule has 8 aromatic rings. The van der Waals surface area contributed by atoms with E-state index in [2.05, 4.69) is 90.9 Å². The van der Waals surface area contributed by atoms with Crippen molar-refractivity contribution in [1.82, 2.24) is 19.5 Å². The Morgan fingerprint density at radius 3 is 2.24 bits per heavy atom. The minimum atomic E-state index is -2.41. The first kappa shape index (κ1) is 40.8. The predicted octanol–water partition coefficient (Wildman–Crippen LogP) is 12.7. The Labute approximate surface area is 366 Å². The van der Waals surface area contributed by atoms with Crippen LogP contribution in [-0.2, 0) is 26.5 Å². The zero-order valence-electron chi connectivity index (χ0n) is 37.2. The van der Waals surface area contributed by atoms with Crippen LogP contribution in [0.15, 0.2) is 102 Å². The summed E-state index contributed by atoms with van der Waals surface area (Å²) in [6, 6.07) is 36.7. The average Bonchev–Trinajstić information content (AvgIpc) is 3.78. The number of imidazole rings is 1. The number of nitriles is 1. The summed E-state index contributed by atoms with van der Waals surface area (Å²) in [5.74, 6) is 7.98. The van der Waals surface area contributed by atoms with Gasteiger partial charge in [-0.25, -0.2) is 0 Å². The van der Waals surface area contributed by atoms with Crippen LogP contribution in [0.25, 0.3) is 61.4 Å². The van der Waals surface area contributed by atoms with E-state index in [-0.39, 0.29) is 25.9 Å². The number of hydrogen-bond acceptors (Lipinski definition) is 5. The van der Waals surface area contributed by atoms with Crippen molar-refractivity contribution in [2.24, 2.45) is 5.41 Å². The molecule has 8 rings (SSSR count). The third-order valence-electron chi connectivity index (χ3n) is 10.0. The van der Waals surface area contributed by atoms with E-state index >= 15 is 0 Å². The second kappa shape index (κ2) is 17.3. The van der Waals surface area contributed by atoms with Crippen LogP contribution >= 0.6 is 0 Å². The molecule has 4 aromatic carbocycles. The molecule has 303 valence electrons. The van der Waals surface area contributed by atoms with E-state index in [0.29, 0.717) is 45.6 Å². The molecule has 0 aliphatic heterocycles. The number of furan rings is 1. The Hall–Kier alpha value is -4.94. The monoisotopic (exact) mass is 1020 g/mol. The minimum Gasteiger partial charge on any atom is 0 e. The molecule has 9 heteroatoms. The van der Waals surface area contributed by atoms with Gasteiger partial charge in [0.05, 0.1) is 16.9 Å². The molecule has 0 atom stereocenters. The Bertz CT molecular complexity index is 2890. The zero-order chi connectivity index (χ0) is 43.3. The van der Waals surface area contributed by atoms with Gasteiger partial charge in [-0.2, -0.15) is 0 Å². The second-order valence-electron chi connectivity index (χ2n) is 17.4. The van der Waals surface area contributed by atoms with E-state index in [1.807, 2.05) is 75.5 Å². The van der Waals surface area contributed by atoms with E-state index in [9.17, 15) is 4.39 Å². The molecule has 0 saturated carbocycles. The van der Waals surface area contributed by atoms with Gasteiger partial charge in [0.15, 0.2) is 0 Å². The summed E-state index contributed by atoms with van der Waals surface area (Å²) in [4.78, 5) is 13.9. The van der Waals surface area contributed by atoms with Gasteiger partial charge in [-0.05, 0) is 35.1 Å². The van der Waals surface area contributed by atoms with E-state index in [1.54, 1.807) is 12.1 Å². The van der Waals surface area contributed by atoms with Crippen LogP contribution in [-0.4, -0.2) is 32.8 Å². The molecule has 4 heterocycles. The molecule has 0 amide bonds. The normalized spacial score (nSPS) is 12.6. The molecule has 4 aromatic heterocycles. The molecule has 0 N–H and O–H groups in total. The largest absolute Gasteiger partial charge is 0 e. The summed E-state index contributed by atoms with van der Waals surface area (Å²) in [6.07, 6.45) is 0.319. The summed E-state index contributed by atoms with van der Waals surface area (Å²) in [6.45, 7) is 14.6. The maximum Gasteiger partial charge on any atom is 0 e. The molecule has 0 aliphatic rings. The fourth-order valence-electron chi connectivity index (χ4n) is 7.32. The third-order valence-corrected chi connectivity index (χ3v) is 14.3. The SMILES string of the molecule is CC(C)c1cccc(C(C)C)c1-n1c(-c2[c-]cc(F)cc2)nc2ccccc21.[2H]C([2H])(c1cc(-c2[c-]ccc3c2oc2nc(C#N)ccc23)nc[c]1[Ge]([CH3])([CH3])[CH3])C(C)(C)C.[Ir]. The van der Waals surface area contributed by atoms with Crippen molar-refractivity contribution in [2.75, 3.05) is 0 Å². The fourth-order valence-corrected chi connectivity index (χ4v) is 10.2. The molecule has 6 nitrogen and oxygen atoms in total. The number of pyridine rings is 2. The van der Waals surface area contributed by atoms with E-state index in [0.717, 1.165) is 37.6 Å². The topological polar surface area (TPSA) is 80.5 Å². The van der Waals surface area contributed by atoms with Gasteiger partial charge < -0.3 is 4.57 Å². The van der Waals surface area contributed by atoms with E-state index in [4.69, 9.17) is 22.4 Å². The zero-order valence-corrected chi connectivity index (χ0v) is 39.7. The standard InChI is InChI=1S/C25H24FN2.C25H26GeN3O.Ir/c1-16(2)20-8-7-9-21(17(3)4)24(20)28-23-11-6-5-10-22(23)27-25(28)18-12-14-19(26)15-13-18;1-25(2,3)13-16-12-22(28-15-21(16)26(4,5)6)20-9-7-8-18-19-11-10-17(14-27)29-24(19)30-23(18)20;/h5-12,14-17H,1-4H3;7-8,10-12,15H,13H2,1-6H3;/q2*-1;/i;13D2;. The van der Waals surface area contributed by atoms with Gasteiger partial charge in [-0.15, -0.1) is 29.8 Å². The van der Waals surface area contributed by atoms with Crippen molar-refractivity contribution in [3.05, 3.63) is 138 Å². The van der Waals surface area contributed by atoms with Crippen molar-refractivity contribution in [2.45, 2.75) is 83.9 Å². The number of para-hydroxylation sites is 3. The maximum atomic E-state index is 13.5. The summed E-state index contributed by atoms with van der Waals surface area (Å²) in [5.41, 5.74) is 9.16. The molecule has 0 spiro atoms. The van der Waals surface area contributed by atoms with Crippen LogP contribution in [0.2, 0.25) is 17.3 Å². The van der Waals surface area contributed by atoms with Crippen LogP contribution in [0.1, 0.15) is 85.4 Å². The predicted molar refractivity (Wildman–Crippen MR) is 238 cm³/mol. The van der Waals surface area contributed by atoms with Crippen LogP contribution in [0.3, 0.4) is 0 Å². The quantitative estimate of drug-likeness (QED) is 0.117. The number of hydrogen-bond donors (Lipinski definition) is 0. The molecule has 59 heavy (non-hydrogen) atoms. The van der Waals surface area contributed by atoms with Gasteiger partial charge in [0.25, 0.3) is 0 Å². The van der Waals surface area contributed by atoms with Crippen LogP contribution in [0.5, 0.6) is 0 Å². The van der Waals surface area contributed by atoms with Crippen LogP contribution < -0.4 is 4.40 Å². The first-order valence-corrected chi connectivity index (χ1v) is 27.1. The number of benzene rings is 4. The first-order valence-electron chi connectivity index (χ1n) is 20.8. The minimum absolute atomic E-state index is 0. The third kappa shape index (κ3) is 9.14. The van der Waals surface area contributed by atoms with Crippen molar-refractivity contribution >= 4 is 50.8 Å². The van der Waals surface area contributed by atoms with Crippen molar-refractivity contribution in [3.63, 3.8) is 0 Å². The number of halogens is 1. The summed E-state index contributed by atoms with van der Waals surface area (Å²) in [7, 11) is 0. The Balaban J connectivity index is 0.000000202. The van der Waals surface area contributed by atoms with Gasteiger partial charge in [0, 0.05) is 31.6 Å². The van der Waals surface area contributed by atoms with Crippen molar-refractivity contribution < 1.29 is 31.7 Å². The second-order valence-corrected chi connectivity index (χ2v) is 27.9. The first-order chi connectivity index (χ1) is 28.3. The number of fused-ring (bicyclic) bond motifs is 4. The average molecular weight is 1020 g/mol. The summed E-state index contributed by atoms with van der Waals surface area (Å²) >= 11 is -2.41. The van der Waals surface area contributed by atoms with E-state index < -0.39 is 25.1 Å². The van der Waals surface area contributed by atoms with Crippen LogP contribution in [0, 0.1) is 34.7 Å². The van der Waals surface area contributed by atoms with Gasteiger partial charge in [0.2, 0.25) is 0 Å². The number of aromatic nitrogens is 4. The number of rotatable bonds is 7.